The van der Waals surface area contributed by atoms with Gasteiger partial charge in [0.25, 0.3) is 0 Å². The van der Waals surface area contributed by atoms with Gasteiger partial charge in [-0.1, -0.05) is 33.6 Å². The van der Waals surface area contributed by atoms with Gasteiger partial charge in [0.15, 0.2) is 0 Å². The minimum absolute atomic E-state index is 0.00116. The molecule has 1 saturated carbocycles. The largest absolute Gasteiger partial charge is 0.341 e. The summed E-state index contributed by atoms with van der Waals surface area (Å²) in [4.78, 5) is 14.1. The Hall–Kier alpha value is -1.04. The van der Waals surface area contributed by atoms with E-state index in [0.717, 1.165) is 6.42 Å². The fraction of sp³-hybridized carbons (Fsp3) is 0.857. The lowest BCUT2D eigenvalue weighted by Crippen LogP contribution is -2.45. The number of amides is 1. The third-order valence-corrected chi connectivity index (χ3v) is 3.98. The standard InChI is InChI=1S/C14H24N2O/c1-10(2)12(9-15)14(17)16(4)13-8-6-5-7-11(13)3/h10-13H,5-8H2,1-4H3. The highest BCUT2D eigenvalue weighted by Gasteiger charge is 2.32. The van der Waals surface area contributed by atoms with Crippen molar-refractivity contribution in [3.8, 4) is 6.07 Å². The molecule has 1 fully saturated rings. The third kappa shape index (κ3) is 3.21. The molecular formula is C14H24N2O. The van der Waals surface area contributed by atoms with Crippen molar-refractivity contribution in [1.82, 2.24) is 4.90 Å². The summed E-state index contributed by atoms with van der Waals surface area (Å²) >= 11 is 0. The Kier molecular flexibility index (Phi) is 4.99. The van der Waals surface area contributed by atoms with Gasteiger partial charge in [-0.25, -0.2) is 0 Å². The molecular weight excluding hydrogens is 212 g/mol. The van der Waals surface area contributed by atoms with Crippen LogP contribution in [0.25, 0.3) is 0 Å². The summed E-state index contributed by atoms with van der Waals surface area (Å²) in [5.74, 6) is 0.161. The van der Waals surface area contributed by atoms with E-state index in [0.29, 0.717) is 12.0 Å². The summed E-state index contributed by atoms with van der Waals surface area (Å²) in [7, 11) is 1.86. The van der Waals surface area contributed by atoms with E-state index in [-0.39, 0.29) is 11.8 Å². The molecule has 1 aliphatic carbocycles. The Morgan fingerprint density at radius 2 is 1.94 bits per heavy atom. The highest BCUT2D eigenvalue weighted by molar-refractivity contribution is 5.81. The minimum Gasteiger partial charge on any atom is -0.341 e. The number of rotatable bonds is 3. The zero-order valence-corrected chi connectivity index (χ0v) is 11.4. The molecule has 0 N–H and O–H groups in total. The molecule has 3 unspecified atom stereocenters. The third-order valence-electron chi connectivity index (χ3n) is 3.98. The van der Waals surface area contributed by atoms with Gasteiger partial charge in [0.05, 0.1) is 6.07 Å². The Bertz CT molecular complexity index is 306. The first-order valence-electron chi connectivity index (χ1n) is 6.65. The number of nitrogens with zero attached hydrogens (tertiary/aromatic N) is 2. The Morgan fingerprint density at radius 1 is 1.35 bits per heavy atom. The number of hydrogen-bond donors (Lipinski definition) is 0. The second-order valence-electron chi connectivity index (χ2n) is 5.63. The lowest BCUT2D eigenvalue weighted by atomic mass is 9.84. The average molecular weight is 236 g/mol. The van der Waals surface area contributed by atoms with E-state index in [1.165, 1.54) is 19.3 Å². The molecule has 3 heteroatoms. The summed E-state index contributed by atoms with van der Waals surface area (Å²) in [6.07, 6.45) is 4.75. The average Bonchev–Trinajstić information content (AvgIpc) is 2.29. The molecule has 0 aromatic rings. The molecule has 0 bridgehead atoms. The second-order valence-corrected chi connectivity index (χ2v) is 5.63. The van der Waals surface area contributed by atoms with Crippen molar-refractivity contribution in [3.05, 3.63) is 0 Å². The van der Waals surface area contributed by atoms with Crippen LogP contribution in [0.4, 0.5) is 0 Å². The Morgan fingerprint density at radius 3 is 2.41 bits per heavy atom. The van der Waals surface area contributed by atoms with Crippen LogP contribution in [0.5, 0.6) is 0 Å². The summed E-state index contributed by atoms with van der Waals surface area (Å²) in [5.41, 5.74) is 0. The first kappa shape index (κ1) is 14.0. The van der Waals surface area contributed by atoms with Crippen LogP contribution in [0.15, 0.2) is 0 Å². The zero-order valence-electron chi connectivity index (χ0n) is 11.4. The molecule has 1 aliphatic rings. The van der Waals surface area contributed by atoms with Crippen molar-refractivity contribution in [2.45, 2.75) is 52.5 Å². The molecule has 0 radical (unpaired) electrons. The van der Waals surface area contributed by atoms with Crippen LogP contribution in [-0.4, -0.2) is 23.9 Å². The first-order valence-corrected chi connectivity index (χ1v) is 6.65. The smallest absolute Gasteiger partial charge is 0.240 e. The predicted molar refractivity (Wildman–Crippen MR) is 68.1 cm³/mol. The molecule has 0 aliphatic heterocycles. The first-order chi connectivity index (χ1) is 7.99. The Balaban J connectivity index is 2.71. The van der Waals surface area contributed by atoms with E-state index in [1.54, 1.807) is 0 Å². The molecule has 0 aromatic heterocycles. The van der Waals surface area contributed by atoms with Crippen LogP contribution in [0, 0.1) is 29.1 Å². The minimum atomic E-state index is -0.492. The number of hydrogen-bond acceptors (Lipinski definition) is 2. The molecule has 17 heavy (non-hydrogen) atoms. The summed E-state index contributed by atoms with van der Waals surface area (Å²) in [5, 5.41) is 9.08. The normalized spacial score (nSPS) is 26.4. The highest BCUT2D eigenvalue weighted by Crippen LogP contribution is 2.28. The summed E-state index contributed by atoms with van der Waals surface area (Å²) in [6.45, 7) is 6.08. The molecule has 3 nitrogen and oxygen atoms in total. The maximum atomic E-state index is 12.3. The number of carbonyl (C=O) groups excluding carboxylic acids is 1. The van der Waals surface area contributed by atoms with E-state index in [4.69, 9.17) is 5.26 Å². The lowest BCUT2D eigenvalue weighted by molar-refractivity contribution is -0.137. The lowest BCUT2D eigenvalue weighted by Gasteiger charge is -2.37. The van der Waals surface area contributed by atoms with Gasteiger partial charge in [0.2, 0.25) is 5.91 Å². The molecule has 0 saturated heterocycles. The number of carbonyl (C=O) groups is 1. The van der Waals surface area contributed by atoms with Crippen molar-refractivity contribution in [2.75, 3.05) is 7.05 Å². The summed E-state index contributed by atoms with van der Waals surface area (Å²) < 4.78 is 0. The van der Waals surface area contributed by atoms with Gasteiger partial charge in [-0.3, -0.25) is 4.79 Å². The number of nitriles is 1. The van der Waals surface area contributed by atoms with Crippen LogP contribution < -0.4 is 0 Å². The second kappa shape index (κ2) is 6.05. The molecule has 96 valence electrons. The van der Waals surface area contributed by atoms with E-state index in [2.05, 4.69) is 13.0 Å². The van der Waals surface area contributed by atoms with Crippen LogP contribution in [0.1, 0.15) is 46.5 Å². The molecule has 0 spiro atoms. The van der Waals surface area contributed by atoms with E-state index in [1.807, 2.05) is 25.8 Å². The van der Waals surface area contributed by atoms with Crippen molar-refractivity contribution in [3.63, 3.8) is 0 Å². The fourth-order valence-electron chi connectivity index (χ4n) is 2.74. The molecule has 0 heterocycles. The van der Waals surface area contributed by atoms with Crippen LogP contribution in [0.3, 0.4) is 0 Å². The van der Waals surface area contributed by atoms with Gasteiger partial charge in [-0.2, -0.15) is 5.26 Å². The van der Waals surface area contributed by atoms with Gasteiger partial charge in [0, 0.05) is 13.1 Å². The fourth-order valence-corrected chi connectivity index (χ4v) is 2.74. The predicted octanol–water partition coefficient (Wildman–Crippen LogP) is 2.82. The van der Waals surface area contributed by atoms with Gasteiger partial charge in [0.1, 0.15) is 5.92 Å². The van der Waals surface area contributed by atoms with Crippen molar-refractivity contribution in [1.29, 1.82) is 5.26 Å². The monoisotopic (exact) mass is 236 g/mol. The van der Waals surface area contributed by atoms with Crippen LogP contribution >= 0.6 is 0 Å². The maximum Gasteiger partial charge on any atom is 0.240 e. The van der Waals surface area contributed by atoms with Crippen molar-refractivity contribution < 1.29 is 4.79 Å². The van der Waals surface area contributed by atoms with E-state index < -0.39 is 5.92 Å². The van der Waals surface area contributed by atoms with Crippen LogP contribution in [0.2, 0.25) is 0 Å². The summed E-state index contributed by atoms with van der Waals surface area (Å²) in [6, 6.07) is 2.47. The van der Waals surface area contributed by atoms with Crippen molar-refractivity contribution in [2.24, 2.45) is 17.8 Å². The molecule has 3 atom stereocenters. The molecule has 1 amide bonds. The SMILES string of the molecule is CC(C)C(C#N)C(=O)N(C)C1CCCCC1C. The van der Waals surface area contributed by atoms with Gasteiger partial charge < -0.3 is 4.90 Å². The van der Waals surface area contributed by atoms with E-state index in [9.17, 15) is 4.79 Å². The molecule has 0 aromatic carbocycles. The Labute approximate surface area is 105 Å². The topological polar surface area (TPSA) is 44.1 Å². The highest BCUT2D eigenvalue weighted by atomic mass is 16.2. The zero-order chi connectivity index (χ0) is 13.0. The maximum absolute atomic E-state index is 12.3. The molecule has 1 rings (SSSR count). The quantitative estimate of drug-likeness (QED) is 0.756. The van der Waals surface area contributed by atoms with Gasteiger partial charge in [-0.05, 0) is 24.7 Å². The van der Waals surface area contributed by atoms with Gasteiger partial charge in [-0.15, -0.1) is 0 Å². The van der Waals surface area contributed by atoms with Crippen LogP contribution in [-0.2, 0) is 4.79 Å². The van der Waals surface area contributed by atoms with Gasteiger partial charge >= 0.3 is 0 Å². The van der Waals surface area contributed by atoms with Crippen molar-refractivity contribution >= 4 is 5.91 Å². The van der Waals surface area contributed by atoms with E-state index >= 15 is 0 Å².